The van der Waals surface area contributed by atoms with Crippen LogP contribution in [0.15, 0.2) is 22.7 Å². The highest BCUT2D eigenvalue weighted by molar-refractivity contribution is 9.10. The number of benzene rings is 1. The first kappa shape index (κ1) is 13.6. The lowest BCUT2D eigenvalue weighted by Gasteiger charge is -2.15. The number of ketones is 1. The van der Waals surface area contributed by atoms with E-state index in [-0.39, 0.29) is 0 Å². The van der Waals surface area contributed by atoms with E-state index in [1.807, 2.05) is 12.1 Å². The Bertz CT molecular complexity index is 429. The molecule has 1 fully saturated rings. The Hall–Kier alpha value is -0.830. The smallest absolute Gasteiger partial charge is 0.133 e. The summed E-state index contributed by atoms with van der Waals surface area (Å²) in [4.78, 5) is 11.7. The van der Waals surface area contributed by atoms with Crippen LogP contribution in [-0.4, -0.2) is 12.9 Å². The number of halogens is 1. The molecule has 0 spiro atoms. The molecule has 0 aliphatic heterocycles. The normalized spacial score (nSPS) is 20.6. The predicted molar refractivity (Wildman–Crippen MR) is 76.0 cm³/mol. The summed E-state index contributed by atoms with van der Waals surface area (Å²) < 4.78 is 6.37. The standard InChI is InChI=1S/C15H19BrO2/c1-18-14-6-7-15(16)12(10-14)8-11-4-2-3-5-13(17)9-11/h6-7,10-11H,2-5,8-9H2,1H3. The Morgan fingerprint density at radius 2 is 2.22 bits per heavy atom. The molecule has 0 amide bonds. The molecule has 1 aliphatic carbocycles. The van der Waals surface area contributed by atoms with Crippen LogP contribution in [0.3, 0.4) is 0 Å². The summed E-state index contributed by atoms with van der Waals surface area (Å²) in [7, 11) is 1.68. The monoisotopic (exact) mass is 310 g/mol. The molecular formula is C15H19BrO2. The molecule has 3 heteroatoms. The van der Waals surface area contributed by atoms with Crippen LogP contribution in [0, 0.1) is 5.92 Å². The number of methoxy groups -OCH3 is 1. The average Bonchev–Trinajstić information content (AvgIpc) is 2.56. The maximum Gasteiger partial charge on any atom is 0.133 e. The minimum Gasteiger partial charge on any atom is -0.497 e. The fraction of sp³-hybridized carbons (Fsp3) is 0.533. The number of hydrogen-bond donors (Lipinski definition) is 0. The number of Topliss-reactive ketones (excluding diaryl/α,β-unsaturated/α-hetero) is 1. The van der Waals surface area contributed by atoms with Crippen LogP contribution in [0.5, 0.6) is 5.75 Å². The summed E-state index contributed by atoms with van der Waals surface area (Å²) in [6.07, 6.45) is 5.88. The van der Waals surface area contributed by atoms with E-state index in [9.17, 15) is 4.79 Å². The molecule has 0 heterocycles. The minimum absolute atomic E-state index is 0.427. The second-order valence-corrected chi connectivity index (χ2v) is 5.87. The number of ether oxygens (including phenoxy) is 1. The third-order valence-electron chi connectivity index (χ3n) is 3.60. The largest absolute Gasteiger partial charge is 0.497 e. The van der Waals surface area contributed by atoms with Gasteiger partial charge in [-0.05, 0) is 48.9 Å². The van der Waals surface area contributed by atoms with E-state index in [1.54, 1.807) is 7.11 Å². The summed E-state index contributed by atoms with van der Waals surface area (Å²) in [6.45, 7) is 0. The third-order valence-corrected chi connectivity index (χ3v) is 4.37. The van der Waals surface area contributed by atoms with E-state index < -0.39 is 0 Å². The molecule has 0 N–H and O–H groups in total. The van der Waals surface area contributed by atoms with Crippen molar-refractivity contribution in [3.63, 3.8) is 0 Å². The highest BCUT2D eigenvalue weighted by atomic mass is 79.9. The van der Waals surface area contributed by atoms with E-state index in [1.165, 1.54) is 12.0 Å². The zero-order valence-electron chi connectivity index (χ0n) is 10.7. The molecule has 1 aromatic carbocycles. The summed E-state index contributed by atoms with van der Waals surface area (Å²) >= 11 is 3.58. The topological polar surface area (TPSA) is 26.3 Å². The van der Waals surface area contributed by atoms with Gasteiger partial charge in [-0.1, -0.05) is 22.4 Å². The van der Waals surface area contributed by atoms with E-state index in [2.05, 4.69) is 22.0 Å². The van der Waals surface area contributed by atoms with Crippen LogP contribution < -0.4 is 4.74 Å². The Morgan fingerprint density at radius 1 is 1.39 bits per heavy atom. The Morgan fingerprint density at radius 3 is 3.00 bits per heavy atom. The lowest BCUT2D eigenvalue weighted by atomic mass is 9.92. The highest BCUT2D eigenvalue weighted by Gasteiger charge is 2.19. The van der Waals surface area contributed by atoms with E-state index in [4.69, 9.17) is 4.74 Å². The van der Waals surface area contributed by atoms with E-state index in [0.29, 0.717) is 11.7 Å². The molecule has 0 aromatic heterocycles. The van der Waals surface area contributed by atoms with E-state index >= 15 is 0 Å². The van der Waals surface area contributed by atoms with Crippen molar-refractivity contribution in [1.82, 2.24) is 0 Å². The molecule has 1 saturated carbocycles. The van der Waals surface area contributed by atoms with Crippen LogP contribution in [-0.2, 0) is 11.2 Å². The third kappa shape index (κ3) is 3.58. The minimum atomic E-state index is 0.427. The first-order chi connectivity index (χ1) is 8.69. The molecule has 18 heavy (non-hydrogen) atoms. The van der Waals surface area contributed by atoms with Gasteiger partial charge in [0.15, 0.2) is 0 Å². The van der Waals surface area contributed by atoms with Crippen LogP contribution in [0.1, 0.15) is 37.7 Å². The Balaban J connectivity index is 2.09. The maximum atomic E-state index is 11.7. The van der Waals surface area contributed by atoms with Gasteiger partial charge in [-0.15, -0.1) is 0 Å². The van der Waals surface area contributed by atoms with E-state index in [0.717, 1.165) is 42.3 Å². The van der Waals surface area contributed by atoms with Crippen LogP contribution in [0.2, 0.25) is 0 Å². The highest BCUT2D eigenvalue weighted by Crippen LogP contribution is 2.29. The van der Waals surface area contributed by atoms with Crippen LogP contribution >= 0.6 is 15.9 Å². The molecule has 2 rings (SSSR count). The number of rotatable bonds is 3. The first-order valence-electron chi connectivity index (χ1n) is 6.53. The second-order valence-electron chi connectivity index (χ2n) is 5.02. The van der Waals surface area contributed by atoms with Gasteiger partial charge in [0.05, 0.1) is 7.11 Å². The van der Waals surface area contributed by atoms with Gasteiger partial charge in [0.25, 0.3) is 0 Å². The van der Waals surface area contributed by atoms with Crippen molar-refractivity contribution in [2.75, 3.05) is 7.11 Å². The van der Waals surface area contributed by atoms with Crippen molar-refractivity contribution in [2.24, 2.45) is 5.92 Å². The van der Waals surface area contributed by atoms with Gasteiger partial charge in [0.1, 0.15) is 11.5 Å². The van der Waals surface area contributed by atoms with Crippen molar-refractivity contribution in [2.45, 2.75) is 38.5 Å². The number of hydrogen-bond acceptors (Lipinski definition) is 2. The molecule has 1 atom stereocenters. The van der Waals surface area contributed by atoms with Crippen molar-refractivity contribution < 1.29 is 9.53 Å². The zero-order valence-corrected chi connectivity index (χ0v) is 12.3. The van der Waals surface area contributed by atoms with Gasteiger partial charge in [-0.25, -0.2) is 0 Å². The van der Waals surface area contributed by atoms with Crippen molar-refractivity contribution in [3.8, 4) is 5.75 Å². The lowest BCUT2D eigenvalue weighted by Crippen LogP contribution is -2.08. The molecule has 1 unspecified atom stereocenters. The summed E-state index contributed by atoms with van der Waals surface area (Å²) in [5.74, 6) is 1.80. The summed E-state index contributed by atoms with van der Waals surface area (Å²) in [5.41, 5.74) is 1.24. The molecule has 0 saturated heterocycles. The molecular weight excluding hydrogens is 292 g/mol. The quantitative estimate of drug-likeness (QED) is 0.784. The Kier molecular flexibility index (Phi) is 4.81. The van der Waals surface area contributed by atoms with Crippen LogP contribution in [0.4, 0.5) is 0 Å². The van der Waals surface area contributed by atoms with Gasteiger partial charge in [-0.2, -0.15) is 0 Å². The van der Waals surface area contributed by atoms with Crippen molar-refractivity contribution in [3.05, 3.63) is 28.2 Å². The summed E-state index contributed by atoms with van der Waals surface area (Å²) in [5, 5.41) is 0. The molecule has 98 valence electrons. The predicted octanol–water partition coefficient (Wildman–Crippen LogP) is 4.15. The molecule has 1 aromatic rings. The fourth-order valence-corrected chi connectivity index (χ4v) is 3.01. The van der Waals surface area contributed by atoms with Gasteiger partial charge in [0, 0.05) is 17.3 Å². The first-order valence-corrected chi connectivity index (χ1v) is 7.32. The van der Waals surface area contributed by atoms with Gasteiger partial charge in [0.2, 0.25) is 0 Å². The SMILES string of the molecule is COc1ccc(Br)c(CC2CCCCC(=O)C2)c1. The molecule has 0 radical (unpaired) electrons. The van der Waals surface area contributed by atoms with Gasteiger partial charge < -0.3 is 4.74 Å². The van der Waals surface area contributed by atoms with Gasteiger partial charge >= 0.3 is 0 Å². The zero-order chi connectivity index (χ0) is 13.0. The summed E-state index contributed by atoms with van der Waals surface area (Å²) in [6, 6.07) is 6.04. The molecule has 2 nitrogen and oxygen atoms in total. The number of carbonyl (C=O) groups excluding carboxylic acids is 1. The lowest BCUT2D eigenvalue weighted by molar-refractivity contribution is -0.119. The fourth-order valence-electron chi connectivity index (χ4n) is 2.60. The number of carbonyl (C=O) groups is 1. The van der Waals surface area contributed by atoms with Gasteiger partial charge in [-0.3, -0.25) is 4.79 Å². The maximum absolute atomic E-state index is 11.7. The molecule has 1 aliphatic rings. The van der Waals surface area contributed by atoms with Crippen molar-refractivity contribution >= 4 is 21.7 Å². The van der Waals surface area contributed by atoms with Crippen LogP contribution in [0.25, 0.3) is 0 Å². The Labute approximate surface area is 117 Å². The molecule has 0 bridgehead atoms. The van der Waals surface area contributed by atoms with Crippen molar-refractivity contribution in [1.29, 1.82) is 0 Å². The average molecular weight is 311 g/mol. The second kappa shape index (κ2) is 6.37.